The van der Waals surface area contributed by atoms with Crippen LogP contribution in [0.3, 0.4) is 0 Å². The Hall–Kier alpha value is -3.36. The van der Waals surface area contributed by atoms with Crippen molar-refractivity contribution in [1.29, 1.82) is 0 Å². The quantitative estimate of drug-likeness (QED) is 0.614. The van der Waals surface area contributed by atoms with Crippen LogP contribution in [0.5, 0.6) is 5.75 Å². The number of nitrogens with one attached hydrogen (secondary N) is 3. The number of alkyl halides is 2. The van der Waals surface area contributed by atoms with Crippen LogP contribution in [0.25, 0.3) is 0 Å². The van der Waals surface area contributed by atoms with Gasteiger partial charge in [0.15, 0.2) is 0 Å². The molecular formula is C21H24F2N4O3. The molecule has 2 aromatic carbocycles. The molecule has 0 saturated carbocycles. The average molecular weight is 418 g/mol. The number of nitrogens with zero attached hydrogens (tertiary/aromatic N) is 1. The molecule has 30 heavy (non-hydrogen) atoms. The fourth-order valence-electron chi connectivity index (χ4n) is 3.02. The summed E-state index contributed by atoms with van der Waals surface area (Å²) in [5.41, 5.74) is 2.64. The first-order valence-corrected chi connectivity index (χ1v) is 9.62. The highest BCUT2D eigenvalue weighted by atomic mass is 19.3. The van der Waals surface area contributed by atoms with Gasteiger partial charge in [-0.25, -0.2) is 13.6 Å². The van der Waals surface area contributed by atoms with Gasteiger partial charge in [-0.15, -0.1) is 0 Å². The highest BCUT2D eigenvalue weighted by Crippen LogP contribution is 2.16. The van der Waals surface area contributed by atoms with Crippen LogP contribution in [-0.2, 0) is 17.9 Å². The first-order chi connectivity index (χ1) is 14.5. The van der Waals surface area contributed by atoms with Crippen LogP contribution < -0.4 is 25.6 Å². The molecule has 0 spiro atoms. The molecule has 2 aromatic rings. The van der Waals surface area contributed by atoms with Gasteiger partial charge in [-0.2, -0.15) is 0 Å². The normalized spacial score (nSPS) is 13.7. The van der Waals surface area contributed by atoms with E-state index in [1.54, 1.807) is 24.3 Å². The molecule has 0 aliphatic carbocycles. The van der Waals surface area contributed by atoms with E-state index in [1.807, 2.05) is 29.2 Å². The third-order valence-electron chi connectivity index (χ3n) is 4.52. The minimum absolute atomic E-state index is 0.00906. The second-order valence-corrected chi connectivity index (χ2v) is 6.82. The van der Waals surface area contributed by atoms with Gasteiger partial charge in [0.05, 0.1) is 6.54 Å². The number of carbonyl (C=O) groups is 2. The number of amides is 3. The number of ether oxygens (including phenoxy) is 1. The molecule has 3 rings (SSSR count). The lowest BCUT2D eigenvalue weighted by Crippen LogP contribution is -2.47. The zero-order chi connectivity index (χ0) is 21.3. The van der Waals surface area contributed by atoms with Gasteiger partial charge < -0.3 is 25.6 Å². The number of benzene rings is 2. The van der Waals surface area contributed by atoms with Crippen molar-refractivity contribution in [3.8, 4) is 5.75 Å². The number of piperazine rings is 1. The highest BCUT2D eigenvalue weighted by molar-refractivity contribution is 5.82. The van der Waals surface area contributed by atoms with Crippen LogP contribution in [-0.4, -0.2) is 44.6 Å². The van der Waals surface area contributed by atoms with E-state index in [1.165, 1.54) is 0 Å². The molecule has 1 aliphatic heterocycles. The van der Waals surface area contributed by atoms with Gasteiger partial charge in [0.2, 0.25) is 5.91 Å². The molecule has 160 valence electrons. The van der Waals surface area contributed by atoms with Gasteiger partial charge in [0.25, 0.3) is 6.43 Å². The maximum atomic E-state index is 12.2. The second kappa shape index (κ2) is 10.4. The predicted molar refractivity (Wildman–Crippen MR) is 109 cm³/mol. The number of halogens is 2. The van der Waals surface area contributed by atoms with Crippen LogP contribution in [0.1, 0.15) is 11.1 Å². The molecule has 1 heterocycles. The summed E-state index contributed by atoms with van der Waals surface area (Å²) in [5, 5.41) is 8.29. The van der Waals surface area contributed by atoms with Crippen molar-refractivity contribution in [3.05, 3.63) is 59.7 Å². The number of carbonyl (C=O) groups excluding carboxylic acids is 2. The average Bonchev–Trinajstić information content (AvgIpc) is 2.75. The summed E-state index contributed by atoms with van der Waals surface area (Å²) in [5.74, 6) is 0.344. The third kappa shape index (κ3) is 6.61. The smallest absolute Gasteiger partial charge is 0.315 e. The Balaban J connectivity index is 1.42. The molecule has 1 fully saturated rings. The lowest BCUT2D eigenvalue weighted by molar-refractivity contribution is -0.120. The summed E-state index contributed by atoms with van der Waals surface area (Å²) in [4.78, 5) is 25.5. The highest BCUT2D eigenvalue weighted by Gasteiger charge is 2.16. The van der Waals surface area contributed by atoms with E-state index in [9.17, 15) is 18.4 Å². The summed E-state index contributed by atoms with van der Waals surface area (Å²) < 4.78 is 29.4. The fourth-order valence-corrected chi connectivity index (χ4v) is 3.02. The molecule has 1 aliphatic rings. The standard InChI is InChI=1S/C21H24F2N4O3/c22-19(23)14-30-18-3-1-2-16(10-18)12-26-21(29)25-11-15-4-6-17(7-5-15)27-9-8-24-20(28)13-27/h1-7,10,19H,8-9,11-14H2,(H,24,28)(H2,25,26,29). The van der Waals surface area contributed by atoms with Gasteiger partial charge in [-0.3, -0.25) is 4.79 Å². The van der Waals surface area contributed by atoms with Crippen molar-refractivity contribution in [3.63, 3.8) is 0 Å². The number of anilines is 1. The third-order valence-corrected chi connectivity index (χ3v) is 4.52. The van der Waals surface area contributed by atoms with Crippen molar-refractivity contribution in [1.82, 2.24) is 16.0 Å². The molecule has 3 amide bonds. The number of hydrogen-bond donors (Lipinski definition) is 3. The number of rotatable bonds is 8. The van der Waals surface area contributed by atoms with Gasteiger partial charge in [0, 0.05) is 31.9 Å². The van der Waals surface area contributed by atoms with Crippen LogP contribution in [0.4, 0.5) is 19.3 Å². The maximum absolute atomic E-state index is 12.2. The summed E-state index contributed by atoms with van der Waals surface area (Å²) in [6, 6.07) is 14.0. The van der Waals surface area contributed by atoms with Crippen LogP contribution in [0.15, 0.2) is 48.5 Å². The topological polar surface area (TPSA) is 82.7 Å². The van der Waals surface area contributed by atoms with E-state index < -0.39 is 13.0 Å². The fraction of sp³-hybridized carbons (Fsp3) is 0.333. The van der Waals surface area contributed by atoms with Crippen molar-refractivity contribution in [2.75, 3.05) is 31.1 Å². The second-order valence-electron chi connectivity index (χ2n) is 6.82. The van der Waals surface area contributed by atoms with Crippen LogP contribution in [0.2, 0.25) is 0 Å². The largest absolute Gasteiger partial charge is 0.488 e. The van der Waals surface area contributed by atoms with Gasteiger partial charge in [-0.05, 0) is 35.4 Å². The number of urea groups is 1. The minimum Gasteiger partial charge on any atom is -0.488 e. The summed E-state index contributed by atoms with van der Waals surface area (Å²) in [6.07, 6.45) is -2.54. The minimum atomic E-state index is -2.54. The molecule has 3 N–H and O–H groups in total. The molecule has 7 nitrogen and oxygen atoms in total. The molecule has 0 radical (unpaired) electrons. The van der Waals surface area contributed by atoms with Crippen molar-refractivity contribution in [2.24, 2.45) is 0 Å². The molecule has 0 bridgehead atoms. The zero-order valence-electron chi connectivity index (χ0n) is 16.4. The monoisotopic (exact) mass is 418 g/mol. The van der Waals surface area contributed by atoms with E-state index in [-0.39, 0.29) is 18.5 Å². The molecule has 0 unspecified atom stereocenters. The van der Waals surface area contributed by atoms with E-state index in [4.69, 9.17) is 4.74 Å². The lowest BCUT2D eigenvalue weighted by Gasteiger charge is -2.28. The Morgan fingerprint density at radius 2 is 1.83 bits per heavy atom. The van der Waals surface area contributed by atoms with Gasteiger partial charge in [-0.1, -0.05) is 24.3 Å². The van der Waals surface area contributed by atoms with E-state index in [0.717, 1.165) is 23.4 Å². The maximum Gasteiger partial charge on any atom is 0.315 e. The first kappa shape index (κ1) is 21.4. The Morgan fingerprint density at radius 1 is 1.10 bits per heavy atom. The van der Waals surface area contributed by atoms with Gasteiger partial charge >= 0.3 is 6.03 Å². The first-order valence-electron chi connectivity index (χ1n) is 9.62. The van der Waals surface area contributed by atoms with Crippen molar-refractivity contribution < 1.29 is 23.1 Å². The van der Waals surface area contributed by atoms with Crippen molar-refractivity contribution in [2.45, 2.75) is 19.5 Å². The lowest BCUT2D eigenvalue weighted by atomic mass is 10.2. The van der Waals surface area contributed by atoms with Gasteiger partial charge in [0.1, 0.15) is 12.4 Å². The predicted octanol–water partition coefficient (Wildman–Crippen LogP) is 2.27. The molecule has 1 saturated heterocycles. The summed E-state index contributed by atoms with van der Waals surface area (Å²) in [7, 11) is 0. The zero-order valence-corrected chi connectivity index (χ0v) is 16.4. The Labute approximate surface area is 173 Å². The number of hydrogen-bond acceptors (Lipinski definition) is 4. The summed E-state index contributed by atoms with van der Waals surface area (Å²) >= 11 is 0. The Morgan fingerprint density at radius 3 is 2.53 bits per heavy atom. The SMILES string of the molecule is O=C1CN(c2ccc(CNC(=O)NCc3cccc(OCC(F)F)c3)cc2)CCN1. The molecule has 9 heteroatoms. The molecule has 0 atom stereocenters. The molecular weight excluding hydrogens is 394 g/mol. The van der Waals surface area contributed by atoms with E-state index >= 15 is 0 Å². The van der Waals surface area contributed by atoms with E-state index in [2.05, 4.69) is 16.0 Å². The summed E-state index contributed by atoms with van der Waals surface area (Å²) in [6.45, 7) is 1.66. The Bertz CT molecular complexity index is 862. The van der Waals surface area contributed by atoms with Crippen LogP contribution >= 0.6 is 0 Å². The van der Waals surface area contributed by atoms with E-state index in [0.29, 0.717) is 25.4 Å². The van der Waals surface area contributed by atoms with Crippen molar-refractivity contribution >= 4 is 17.6 Å². The Kier molecular flexibility index (Phi) is 7.42. The van der Waals surface area contributed by atoms with Crippen LogP contribution in [0, 0.1) is 0 Å². The molecule has 0 aromatic heterocycles.